The summed E-state index contributed by atoms with van der Waals surface area (Å²) in [6.07, 6.45) is 0.526. The van der Waals surface area contributed by atoms with Crippen molar-refractivity contribution in [3.63, 3.8) is 0 Å². The van der Waals surface area contributed by atoms with E-state index in [-0.39, 0.29) is 10.6 Å². The minimum absolute atomic E-state index is 0.300. The van der Waals surface area contributed by atoms with Crippen LogP contribution in [-0.2, 0) is 16.0 Å². The monoisotopic (exact) mass is 383 g/mol. The fourth-order valence-electron chi connectivity index (χ4n) is 2.18. The number of carbonyl (C=O) groups is 2. The molecule has 2 aromatic carbocycles. The molecule has 0 unspecified atom stereocenters. The minimum Gasteiger partial charge on any atom is -0.496 e. The molecule has 0 fully saturated rings. The number of halogens is 3. The molecule has 1 amide bonds. The van der Waals surface area contributed by atoms with E-state index < -0.39 is 30.1 Å². The van der Waals surface area contributed by atoms with Gasteiger partial charge in [-0.3, -0.25) is 4.79 Å². The van der Waals surface area contributed by atoms with Gasteiger partial charge in [-0.2, -0.15) is 0 Å². The first kappa shape index (κ1) is 19.7. The number of benzene rings is 2. The second-order valence-electron chi connectivity index (χ2n) is 5.23. The highest BCUT2D eigenvalue weighted by molar-refractivity contribution is 6.33. The fourth-order valence-corrected chi connectivity index (χ4v) is 2.41. The predicted molar refractivity (Wildman–Crippen MR) is 91.4 cm³/mol. The molecule has 0 saturated heterocycles. The van der Waals surface area contributed by atoms with E-state index in [0.29, 0.717) is 30.8 Å². The smallest absolute Gasteiger partial charge is 0.340 e. The molecule has 0 heterocycles. The number of amides is 1. The van der Waals surface area contributed by atoms with Gasteiger partial charge in [0.25, 0.3) is 5.91 Å². The molecule has 0 saturated carbocycles. The van der Waals surface area contributed by atoms with Crippen molar-refractivity contribution in [1.29, 1.82) is 0 Å². The summed E-state index contributed by atoms with van der Waals surface area (Å²) in [5, 5.41) is 2.29. The lowest BCUT2D eigenvalue weighted by Crippen LogP contribution is -2.30. The molecule has 138 valence electrons. The first-order valence-corrected chi connectivity index (χ1v) is 8.00. The van der Waals surface area contributed by atoms with E-state index in [1.54, 1.807) is 7.11 Å². The zero-order valence-electron chi connectivity index (χ0n) is 13.9. The molecule has 2 aromatic rings. The van der Waals surface area contributed by atoms with Crippen LogP contribution in [0.25, 0.3) is 0 Å². The number of esters is 1. The van der Waals surface area contributed by atoms with Gasteiger partial charge in [0, 0.05) is 6.54 Å². The quantitative estimate of drug-likeness (QED) is 0.589. The Bertz CT molecular complexity index is 814. The van der Waals surface area contributed by atoms with E-state index in [4.69, 9.17) is 21.1 Å². The van der Waals surface area contributed by atoms with Crippen LogP contribution >= 0.6 is 11.6 Å². The lowest BCUT2D eigenvalue weighted by Gasteiger charge is -2.10. The van der Waals surface area contributed by atoms with Crippen LogP contribution in [0.4, 0.5) is 8.78 Å². The Labute approximate surface area is 153 Å². The van der Waals surface area contributed by atoms with Crippen molar-refractivity contribution < 1.29 is 27.8 Å². The lowest BCUT2D eigenvalue weighted by atomic mass is 10.1. The summed E-state index contributed by atoms with van der Waals surface area (Å²) in [7, 11) is 1.56. The van der Waals surface area contributed by atoms with Gasteiger partial charge >= 0.3 is 5.97 Å². The number of hydrogen-bond acceptors (Lipinski definition) is 4. The largest absolute Gasteiger partial charge is 0.496 e. The number of hydrogen-bond donors (Lipinski definition) is 1. The minimum atomic E-state index is -1.23. The van der Waals surface area contributed by atoms with Crippen molar-refractivity contribution in [3.8, 4) is 5.75 Å². The molecule has 8 heteroatoms. The molecule has 0 atom stereocenters. The van der Waals surface area contributed by atoms with Gasteiger partial charge in [0.2, 0.25) is 0 Å². The predicted octanol–water partition coefficient (Wildman–Crippen LogP) is 3.14. The molecule has 0 spiro atoms. The summed E-state index contributed by atoms with van der Waals surface area (Å²) in [6.45, 7) is -0.261. The molecule has 5 nitrogen and oxygen atoms in total. The van der Waals surface area contributed by atoms with Gasteiger partial charge in [-0.25, -0.2) is 13.6 Å². The zero-order chi connectivity index (χ0) is 19.1. The maximum Gasteiger partial charge on any atom is 0.340 e. The zero-order valence-corrected chi connectivity index (χ0v) is 14.6. The Balaban J connectivity index is 1.81. The third kappa shape index (κ3) is 5.16. The van der Waals surface area contributed by atoms with E-state index in [1.807, 2.05) is 24.3 Å². The molecule has 0 aromatic heterocycles. The first-order chi connectivity index (χ1) is 12.4. The van der Waals surface area contributed by atoms with E-state index in [9.17, 15) is 18.4 Å². The molecular weight excluding hydrogens is 368 g/mol. The summed E-state index contributed by atoms with van der Waals surface area (Å²) < 4.78 is 36.1. The Morgan fingerprint density at radius 2 is 1.85 bits per heavy atom. The summed E-state index contributed by atoms with van der Waals surface area (Å²) in [4.78, 5) is 23.6. The summed E-state index contributed by atoms with van der Waals surface area (Å²) in [5.41, 5.74) is 0.563. The second-order valence-corrected chi connectivity index (χ2v) is 5.64. The Kier molecular flexibility index (Phi) is 6.91. The normalized spacial score (nSPS) is 10.3. The fraction of sp³-hybridized carbons (Fsp3) is 0.222. The Morgan fingerprint density at radius 1 is 1.15 bits per heavy atom. The van der Waals surface area contributed by atoms with Crippen molar-refractivity contribution in [3.05, 3.63) is 64.2 Å². The number of nitrogens with one attached hydrogen (secondary N) is 1. The number of methoxy groups -OCH3 is 1. The van der Waals surface area contributed by atoms with Crippen LogP contribution in [0.1, 0.15) is 15.9 Å². The topological polar surface area (TPSA) is 64.6 Å². The van der Waals surface area contributed by atoms with Crippen molar-refractivity contribution in [2.24, 2.45) is 0 Å². The molecule has 0 aliphatic carbocycles. The average Bonchev–Trinajstić information content (AvgIpc) is 2.63. The number of rotatable bonds is 7. The maximum absolute atomic E-state index is 13.2. The van der Waals surface area contributed by atoms with Crippen LogP contribution in [0.3, 0.4) is 0 Å². The Hall–Kier alpha value is -2.67. The van der Waals surface area contributed by atoms with Crippen molar-refractivity contribution in [2.45, 2.75) is 6.42 Å². The van der Waals surface area contributed by atoms with Gasteiger partial charge in [-0.1, -0.05) is 29.8 Å². The molecular formula is C18H16ClF2NO4. The number of para-hydroxylation sites is 1. The van der Waals surface area contributed by atoms with Gasteiger partial charge in [0.1, 0.15) is 5.75 Å². The molecule has 0 aliphatic rings. The third-order valence-electron chi connectivity index (χ3n) is 3.47. The van der Waals surface area contributed by atoms with Gasteiger partial charge in [0.15, 0.2) is 18.2 Å². The van der Waals surface area contributed by atoms with E-state index in [0.717, 1.165) is 5.56 Å². The van der Waals surface area contributed by atoms with Gasteiger partial charge in [-0.15, -0.1) is 0 Å². The van der Waals surface area contributed by atoms with Crippen LogP contribution in [0.5, 0.6) is 5.75 Å². The molecule has 0 aliphatic heterocycles. The second kappa shape index (κ2) is 9.15. The number of ether oxygens (including phenoxy) is 2. The first-order valence-electron chi connectivity index (χ1n) is 7.62. The van der Waals surface area contributed by atoms with Gasteiger partial charge < -0.3 is 14.8 Å². The molecule has 1 N–H and O–H groups in total. The van der Waals surface area contributed by atoms with Gasteiger partial charge in [-0.05, 0) is 30.2 Å². The summed E-state index contributed by atoms with van der Waals surface area (Å²) in [6, 6.07) is 8.66. The van der Waals surface area contributed by atoms with Crippen LogP contribution in [-0.4, -0.2) is 32.1 Å². The molecule has 2 rings (SSSR count). The average molecular weight is 384 g/mol. The lowest BCUT2D eigenvalue weighted by molar-refractivity contribution is -0.124. The standard InChI is InChI=1S/C18H16ClF2NO4/c1-25-16-5-3-2-4-11(16)6-7-22-17(23)10-26-18(24)12-8-14(20)15(21)9-13(12)19/h2-5,8-9H,6-7,10H2,1H3,(H,22,23). The summed E-state index contributed by atoms with van der Waals surface area (Å²) >= 11 is 5.67. The highest BCUT2D eigenvalue weighted by atomic mass is 35.5. The van der Waals surface area contributed by atoms with Crippen LogP contribution < -0.4 is 10.1 Å². The molecule has 0 radical (unpaired) electrons. The maximum atomic E-state index is 13.2. The van der Waals surface area contributed by atoms with E-state index >= 15 is 0 Å². The van der Waals surface area contributed by atoms with Crippen LogP contribution in [0, 0.1) is 11.6 Å². The van der Waals surface area contributed by atoms with Crippen molar-refractivity contribution in [1.82, 2.24) is 5.32 Å². The van der Waals surface area contributed by atoms with E-state index in [2.05, 4.69) is 5.32 Å². The van der Waals surface area contributed by atoms with Crippen LogP contribution in [0.15, 0.2) is 36.4 Å². The van der Waals surface area contributed by atoms with Crippen molar-refractivity contribution >= 4 is 23.5 Å². The number of carbonyl (C=O) groups excluding carboxylic acids is 2. The summed E-state index contributed by atoms with van der Waals surface area (Å²) in [5.74, 6) is -3.26. The van der Waals surface area contributed by atoms with Crippen molar-refractivity contribution in [2.75, 3.05) is 20.3 Å². The van der Waals surface area contributed by atoms with Crippen LogP contribution in [0.2, 0.25) is 5.02 Å². The SMILES string of the molecule is COc1ccccc1CCNC(=O)COC(=O)c1cc(F)c(F)cc1Cl. The Morgan fingerprint density at radius 3 is 2.58 bits per heavy atom. The highest BCUT2D eigenvalue weighted by Gasteiger charge is 2.17. The van der Waals surface area contributed by atoms with E-state index in [1.165, 1.54) is 0 Å². The third-order valence-corrected chi connectivity index (χ3v) is 3.79. The molecule has 26 heavy (non-hydrogen) atoms. The van der Waals surface area contributed by atoms with Gasteiger partial charge in [0.05, 0.1) is 17.7 Å². The highest BCUT2D eigenvalue weighted by Crippen LogP contribution is 2.21. The molecule has 0 bridgehead atoms.